The summed E-state index contributed by atoms with van der Waals surface area (Å²) in [7, 11) is 2.82. The molecule has 2 heterocycles. The van der Waals surface area contributed by atoms with E-state index >= 15 is 0 Å². The molecule has 0 atom stereocenters. The van der Waals surface area contributed by atoms with E-state index in [2.05, 4.69) is 5.32 Å². The summed E-state index contributed by atoms with van der Waals surface area (Å²) in [6.07, 6.45) is 0. The summed E-state index contributed by atoms with van der Waals surface area (Å²) in [5.74, 6) is -0.307. The van der Waals surface area contributed by atoms with Crippen LogP contribution in [0.15, 0.2) is 29.6 Å². The smallest absolute Gasteiger partial charge is 0.354 e. The molecule has 2 aromatic heterocycles. The van der Waals surface area contributed by atoms with Crippen molar-refractivity contribution in [2.45, 2.75) is 13.5 Å². The Labute approximate surface area is 159 Å². The number of amides is 1. The van der Waals surface area contributed by atoms with Gasteiger partial charge in [-0.1, -0.05) is 11.6 Å². The van der Waals surface area contributed by atoms with Crippen LogP contribution in [0.1, 0.15) is 16.1 Å². The molecule has 0 bridgehead atoms. The predicted molar refractivity (Wildman–Crippen MR) is 103 cm³/mol. The maximum Gasteiger partial charge on any atom is 0.354 e. The van der Waals surface area contributed by atoms with E-state index in [4.69, 9.17) is 21.1 Å². The zero-order valence-corrected chi connectivity index (χ0v) is 16.0. The highest BCUT2D eigenvalue weighted by Crippen LogP contribution is 2.31. The van der Waals surface area contributed by atoms with Crippen molar-refractivity contribution in [3.63, 3.8) is 0 Å². The fourth-order valence-electron chi connectivity index (χ4n) is 2.67. The molecule has 0 radical (unpaired) electrons. The number of methoxy groups -OCH3 is 2. The third kappa shape index (κ3) is 3.40. The first-order valence-corrected chi connectivity index (χ1v) is 8.99. The molecule has 0 saturated carbocycles. The maximum atomic E-state index is 12.6. The van der Waals surface area contributed by atoms with Crippen LogP contribution in [0.4, 0.5) is 5.69 Å². The molecule has 26 heavy (non-hydrogen) atoms. The first-order chi connectivity index (χ1) is 12.4. The zero-order chi connectivity index (χ0) is 18.8. The van der Waals surface area contributed by atoms with Gasteiger partial charge in [0.25, 0.3) is 0 Å². The van der Waals surface area contributed by atoms with Gasteiger partial charge in [-0.3, -0.25) is 4.79 Å². The van der Waals surface area contributed by atoms with Crippen LogP contribution in [0, 0.1) is 6.92 Å². The van der Waals surface area contributed by atoms with Crippen LogP contribution < -0.4 is 10.1 Å². The first-order valence-electron chi connectivity index (χ1n) is 7.73. The van der Waals surface area contributed by atoms with Crippen molar-refractivity contribution in [1.82, 2.24) is 4.57 Å². The second kappa shape index (κ2) is 7.39. The number of thiophene rings is 1. The van der Waals surface area contributed by atoms with Crippen LogP contribution >= 0.6 is 22.9 Å². The van der Waals surface area contributed by atoms with E-state index in [9.17, 15) is 9.59 Å². The van der Waals surface area contributed by atoms with Crippen molar-refractivity contribution in [3.8, 4) is 5.75 Å². The van der Waals surface area contributed by atoms with E-state index in [1.165, 1.54) is 25.6 Å². The number of nitrogens with zero attached hydrogens (tertiary/aromatic N) is 1. The van der Waals surface area contributed by atoms with Gasteiger partial charge in [0.2, 0.25) is 5.91 Å². The van der Waals surface area contributed by atoms with Crippen LogP contribution in [0.25, 0.3) is 10.2 Å². The lowest BCUT2D eigenvalue weighted by Gasteiger charge is -2.13. The molecule has 0 saturated heterocycles. The average Bonchev–Trinajstić information content (AvgIpc) is 3.20. The van der Waals surface area contributed by atoms with E-state index in [0.29, 0.717) is 22.2 Å². The minimum Gasteiger partial charge on any atom is -0.495 e. The number of esters is 1. The monoisotopic (exact) mass is 392 g/mol. The predicted octanol–water partition coefficient (Wildman–Crippen LogP) is 4.10. The summed E-state index contributed by atoms with van der Waals surface area (Å²) >= 11 is 7.55. The molecule has 3 aromatic rings. The number of aromatic nitrogens is 1. The number of halogens is 1. The Kier molecular flexibility index (Phi) is 5.20. The highest BCUT2D eigenvalue weighted by Gasteiger charge is 2.19. The first kappa shape index (κ1) is 18.3. The second-order valence-corrected chi connectivity index (χ2v) is 6.94. The van der Waals surface area contributed by atoms with E-state index in [1.54, 1.807) is 22.8 Å². The van der Waals surface area contributed by atoms with Crippen molar-refractivity contribution in [2.75, 3.05) is 19.5 Å². The van der Waals surface area contributed by atoms with Gasteiger partial charge in [0, 0.05) is 16.5 Å². The fourth-order valence-corrected chi connectivity index (χ4v) is 3.72. The number of hydrogen-bond acceptors (Lipinski definition) is 5. The molecule has 3 rings (SSSR count). The Morgan fingerprint density at radius 3 is 2.73 bits per heavy atom. The number of anilines is 1. The number of ether oxygens (including phenoxy) is 2. The molecule has 0 aliphatic heterocycles. The lowest BCUT2D eigenvalue weighted by molar-refractivity contribution is -0.116. The van der Waals surface area contributed by atoms with Gasteiger partial charge >= 0.3 is 5.97 Å². The van der Waals surface area contributed by atoms with Gasteiger partial charge in [-0.25, -0.2) is 4.79 Å². The largest absolute Gasteiger partial charge is 0.495 e. The molecule has 6 nitrogen and oxygen atoms in total. The molecule has 1 aromatic carbocycles. The van der Waals surface area contributed by atoms with Crippen LogP contribution in [-0.4, -0.2) is 30.7 Å². The molecule has 0 aliphatic carbocycles. The third-order valence-corrected chi connectivity index (χ3v) is 5.31. The molecule has 0 spiro atoms. The summed E-state index contributed by atoms with van der Waals surface area (Å²) < 4.78 is 11.7. The number of fused-ring (bicyclic) bond motifs is 1. The average molecular weight is 393 g/mol. The van der Waals surface area contributed by atoms with Gasteiger partial charge in [0.05, 0.1) is 19.9 Å². The lowest BCUT2D eigenvalue weighted by atomic mass is 10.2. The summed E-state index contributed by atoms with van der Waals surface area (Å²) in [4.78, 5) is 25.5. The Bertz CT molecular complexity index is 993. The quantitative estimate of drug-likeness (QED) is 0.664. The topological polar surface area (TPSA) is 69.6 Å². The lowest BCUT2D eigenvalue weighted by Crippen LogP contribution is -2.21. The Balaban J connectivity index is 1.89. The van der Waals surface area contributed by atoms with Crippen molar-refractivity contribution < 1.29 is 19.1 Å². The second-order valence-electron chi connectivity index (χ2n) is 5.64. The standard InChI is InChI=1S/C18H17ClN2O4S/c1-10-6-13(15(24-2)8-12(10)19)20-16(22)9-21-14(18(23)25-3)7-11-4-5-26-17(11)21/h4-8H,9H2,1-3H3,(H,20,22). The normalized spacial score (nSPS) is 10.8. The fraction of sp³-hybridized carbons (Fsp3) is 0.222. The van der Waals surface area contributed by atoms with E-state index in [1.807, 2.05) is 18.4 Å². The molecule has 0 fully saturated rings. The molecule has 1 amide bonds. The van der Waals surface area contributed by atoms with Crippen LogP contribution in [0.5, 0.6) is 5.75 Å². The Hall–Kier alpha value is -2.51. The summed E-state index contributed by atoms with van der Waals surface area (Å²) in [6.45, 7) is 1.81. The summed E-state index contributed by atoms with van der Waals surface area (Å²) in [5, 5.41) is 6.17. The van der Waals surface area contributed by atoms with Gasteiger partial charge in [-0.2, -0.15) is 0 Å². The van der Waals surface area contributed by atoms with Crippen LogP contribution in [-0.2, 0) is 16.1 Å². The third-order valence-electron chi connectivity index (χ3n) is 3.95. The Morgan fingerprint density at radius 2 is 2.04 bits per heavy atom. The summed E-state index contributed by atoms with van der Waals surface area (Å²) in [6, 6.07) is 7.01. The SMILES string of the molecule is COC(=O)c1cc2ccsc2n1CC(=O)Nc1cc(C)c(Cl)cc1OC. The number of rotatable bonds is 5. The highest BCUT2D eigenvalue weighted by atomic mass is 35.5. The van der Waals surface area contributed by atoms with E-state index < -0.39 is 5.97 Å². The van der Waals surface area contributed by atoms with Crippen LogP contribution in [0.3, 0.4) is 0 Å². The minimum absolute atomic E-state index is 0.0285. The van der Waals surface area contributed by atoms with Crippen molar-refractivity contribution in [2.24, 2.45) is 0 Å². The number of carbonyl (C=O) groups is 2. The van der Waals surface area contributed by atoms with Crippen molar-refractivity contribution in [1.29, 1.82) is 0 Å². The van der Waals surface area contributed by atoms with Crippen molar-refractivity contribution in [3.05, 3.63) is 45.9 Å². The Morgan fingerprint density at radius 1 is 1.27 bits per heavy atom. The highest BCUT2D eigenvalue weighted by molar-refractivity contribution is 7.16. The van der Waals surface area contributed by atoms with Gasteiger partial charge in [-0.15, -0.1) is 11.3 Å². The summed E-state index contributed by atoms with van der Waals surface area (Å²) in [5.41, 5.74) is 1.68. The molecule has 0 unspecified atom stereocenters. The maximum absolute atomic E-state index is 12.6. The molecular weight excluding hydrogens is 376 g/mol. The van der Waals surface area contributed by atoms with E-state index in [0.717, 1.165) is 15.8 Å². The molecular formula is C18H17ClN2O4S. The number of benzene rings is 1. The number of hydrogen-bond donors (Lipinski definition) is 1. The van der Waals surface area contributed by atoms with Gasteiger partial charge in [0.15, 0.2) is 0 Å². The number of carbonyl (C=O) groups excluding carboxylic acids is 2. The zero-order valence-electron chi connectivity index (χ0n) is 14.5. The molecule has 1 N–H and O–H groups in total. The van der Waals surface area contributed by atoms with Crippen LogP contribution in [0.2, 0.25) is 5.02 Å². The molecule has 0 aliphatic rings. The van der Waals surface area contributed by atoms with Gasteiger partial charge < -0.3 is 19.4 Å². The van der Waals surface area contributed by atoms with E-state index in [-0.39, 0.29) is 12.5 Å². The van der Waals surface area contributed by atoms with Crippen molar-refractivity contribution >= 4 is 50.7 Å². The molecule has 8 heteroatoms. The number of nitrogens with one attached hydrogen (secondary N) is 1. The number of aryl methyl sites for hydroxylation is 1. The minimum atomic E-state index is -0.485. The van der Waals surface area contributed by atoms with Gasteiger partial charge in [0.1, 0.15) is 22.8 Å². The van der Waals surface area contributed by atoms with Gasteiger partial charge in [-0.05, 0) is 36.1 Å². The molecule has 136 valence electrons.